The fourth-order valence-corrected chi connectivity index (χ4v) is 2.35. The highest BCUT2D eigenvalue weighted by atomic mass is 127. The zero-order chi connectivity index (χ0) is 9.97. The van der Waals surface area contributed by atoms with Gasteiger partial charge in [0.15, 0.2) is 0 Å². The van der Waals surface area contributed by atoms with E-state index in [1.807, 2.05) is 0 Å². The first kappa shape index (κ1) is 10.9. The van der Waals surface area contributed by atoms with E-state index in [0.29, 0.717) is 0 Å². The zero-order valence-corrected chi connectivity index (χ0v) is 11.6. The van der Waals surface area contributed by atoms with Gasteiger partial charge in [0.1, 0.15) is 0 Å². The fourth-order valence-electron chi connectivity index (χ4n) is 1.41. The van der Waals surface area contributed by atoms with Crippen LogP contribution in [0.25, 0.3) is 0 Å². The van der Waals surface area contributed by atoms with Gasteiger partial charge in [0.2, 0.25) is 0 Å². The van der Waals surface area contributed by atoms with Gasteiger partial charge in [0.05, 0.1) is 0 Å². The molecule has 2 rings (SSSR count). The predicted octanol–water partition coefficient (Wildman–Crippen LogP) is 3.55. The normalized spacial score (nSPS) is 15.9. The summed E-state index contributed by atoms with van der Waals surface area (Å²) in [6.45, 7) is 2.16. The van der Waals surface area contributed by atoms with Crippen LogP contribution in [0.15, 0.2) is 22.7 Å². The Morgan fingerprint density at radius 2 is 2.21 bits per heavy atom. The van der Waals surface area contributed by atoms with Gasteiger partial charge in [0.25, 0.3) is 0 Å². The molecule has 14 heavy (non-hydrogen) atoms. The Morgan fingerprint density at radius 1 is 1.43 bits per heavy atom. The monoisotopic (exact) mass is 365 g/mol. The van der Waals surface area contributed by atoms with Gasteiger partial charge in [-0.2, -0.15) is 0 Å². The van der Waals surface area contributed by atoms with Crippen LogP contribution in [0, 0.1) is 9.49 Å². The Morgan fingerprint density at radius 3 is 2.93 bits per heavy atom. The number of rotatable bonds is 4. The van der Waals surface area contributed by atoms with E-state index in [4.69, 9.17) is 0 Å². The molecule has 0 atom stereocenters. The lowest BCUT2D eigenvalue weighted by Gasteiger charge is -2.06. The van der Waals surface area contributed by atoms with E-state index in [2.05, 4.69) is 62.0 Å². The van der Waals surface area contributed by atoms with Gasteiger partial charge in [-0.15, -0.1) is 0 Å². The maximum atomic E-state index is 3.57. The van der Waals surface area contributed by atoms with Crippen LogP contribution in [0.4, 0.5) is 0 Å². The number of benzene rings is 1. The van der Waals surface area contributed by atoms with Gasteiger partial charge in [-0.3, -0.25) is 0 Å². The Hall–Kier alpha value is 0.390. The Kier molecular flexibility index (Phi) is 3.85. The van der Waals surface area contributed by atoms with Crippen molar-refractivity contribution in [2.45, 2.75) is 19.4 Å². The molecule has 0 spiro atoms. The van der Waals surface area contributed by atoms with Gasteiger partial charge >= 0.3 is 0 Å². The highest BCUT2D eigenvalue weighted by Crippen LogP contribution is 2.28. The molecule has 1 aliphatic carbocycles. The molecule has 0 amide bonds. The molecule has 3 heteroatoms. The molecule has 0 aromatic heterocycles. The molecule has 1 aliphatic rings. The van der Waals surface area contributed by atoms with E-state index in [-0.39, 0.29) is 0 Å². The topological polar surface area (TPSA) is 12.0 Å². The summed E-state index contributed by atoms with van der Waals surface area (Å²) in [6, 6.07) is 6.47. The molecule has 76 valence electrons. The van der Waals surface area contributed by atoms with Gasteiger partial charge in [-0.1, -0.05) is 15.9 Å². The summed E-state index contributed by atoms with van der Waals surface area (Å²) in [5.41, 5.74) is 1.36. The van der Waals surface area contributed by atoms with Crippen LogP contribution in [0.3, 0.4) is 0 Å². The molecular formula is C11H13BrIN. The number of hydrogen-bond acceptors (Lipinski definition) is 1. The highest BCUT2D eigenvalue weighted by Gasteiger charge is 2.20. The molecule has 1 saturated carbocycles. The molecule has 1 aromatic rings. The quantitative estimate of drug-likeness (QED) is 0.804. The smallest absolute Gasteiger partial charge is 0.0220 e. The van der Waals surface area contributed by atoms with Crippen LogP contribution >= 0.6 is 38.5 Å². The third-order valence-electron chi connectivity index (χ3n) is 2.45. The average Bonchev–Trinajstić information content (AvgIpc) is 2.95. The molecule has 1 aromatic carbocycles. The zero-order valence-electron chi connectivity index (χ0n) is 7.89. The average molecular weight is 366 g/mol. The second kappa shape index (κ2) is 4.94. The van der Waals surface area contributed by atoms with Crippen LogP contribution in [0.2, 0.25) is 0 Å². The predicted molar refractivity (Wildman–Crippen MR) is 71.3 cm³/mol. The SMILES string of the molecule is Brc1ccc(I)cc1CNCC1CC1. The molecule has 0 saturated heterocycles. The molecule has 1 N–H and O–H groups in total. The Bertz CT molecular complexity index is 323. The number of halogens is 2. The molecule has 1 nitrogen and oxygen atoms in total. The summed E-state index contributed by atoms with van der Waals surface area (Å²) in [5, 5.41) is 3.50. The largest absolute Gasteiger partial charge is 0.312 e. The van der Waals surface area contributed by atoms with Crippen molar-refractivity contribution in [3.8, 4) is 0 Å². The van der Waals surface area contributed by atoms with E-state index >= 15 is 0 Å². The van der Waals surface area contributed by atoms with Crippen molar-refractivity contribution in [2.24, 2.45) is 5.92 Å². The van der Waals surface area contributed by atoms with E-state index < -0.39 is 0 Å². The van der Waals surface area contributed by atoms with E-state index in [0.717, 1.165) is 12.5 Å². The number of hydrogen-bond donors (Lipinski definition) is 1. The second-order valence-electron chi connectivity index (χ2n) is 3.81. The van der Waals surface area contributed by atoms with Crippen LogP contribution < -0.4 is 5.32 Å². The molecule has 0 heterocycles. The summed E-state index contributed by atoms with van der Waals surface area (Å²) in [5.74, 6) is 0.955. The lowest BCUT2D eigenvalue weighted by molar-refractivity contribution is 0.637. The minimum absolute atomic E-state index is 0.955. The molecule has 0 bridgehead atoms. The minimum Gasteiger partial charge on any atom is -0.312 e. The van der Waals surface area contributed by atoms with E-state index in [9.17, 15) is 0 Å². The second-order valence-corrected chi connectivity index (χ2v) is 5.91. The van der Waals surface area contributed by atoms with Crippen LogP contribution in [-0.4, -0.2) is 6.54 Å². The van der Waals surface area contributed by atoms with Crippen LogP contribution in [0.5, 0.6) is 0 Å². The first-order valence-electron chi connectivity index (χ1n) is 4.90. The Balaban J connectivity index is 1.89. The molecule has 1 fully saturated rings. The fraction of sp³-hybridized carbons (Fsp3) is 0.455. The molecule has 0 aliphatic heterocycles. The molecular weight excluding hydrogens is 353 g/mol. The maximum absolute atomic E-state index is 3.57. The third kappa shape index (κ3) is 3.21. The van der Waals surface area contributed by atoms with Crippen molar-refractivity contribution >= 4 is 38.5 Å². The maximum Gasteiger partial charge on any atom is 0.0220 e. The first-order chi connectivity index (χ1) is 6.75. The third-order valence-corrected chi connectivity index (χ3v) is 3.90. The summed E-state index contributed by atoms with van der Waals surface area (Å²) in [7, 11) is 0. The van der Waals surface area contributed by atoms with Gasteiger partial charge in [0, 0.05) is 14.6 Å². The van der Waals surface area contributed by atoms with E-state index in [1.54, 1.807) is 0 Å². The van der Waals surface area contributed by atoms with Crippen molar-refractivity contribution in [1.82, 2.24) is 5.32 Å². The van der Waals surface area contributed by atoms with Gasteiger partial charge < -0.3 is 5.32 Å². The lowest BCUT2D eigenvalue weighted by Crippen LogP contribution is -2.16. The van der Waals surface area contributed by atoms with Crippen molar-refractivity contribution in [3.63, 3.8) is 0 Å². The van der Waals surface area contributed by atoms with Crippen molar-refractivity contribution in [1.29, 1.82) is 0 Å². The lowest BCUT2D eigenvalue weighted by atomic mass is 10.2. The van der Waals surface area contributed by atoms with E-state index in [1.165, 1.54) is 33.0 Å². The summed E-state index contributed by atoms with van der Waals surface area (Å²) in [6.07, 6.45) is 2.83. The van der Waals surface area contributed by atoms with Gasteiger partial charge in [-0.25, -0.2) is 0 Å². The molecule has 0 unspecified atom stereocenters. The standard InChI is InChI=1S/C11H13BrIN/c12-11-4-3-10(13)5-9(11)7-14-6-8-1-2-8/h3-5,8,14H,1-2,6-7H2. The van der Waals surface area contributed by atoms with Crippen molar-refractivity contribution in [2.75, 3.05) is 6.54 Å². The summed E-state index contributed by atoms with van der Waals surface area (Å²) >= 11 is 5.92. The van der Waals surface area contributed by atoms with Crippen molar-refractivity contribution < 1.29 is 0 Å². The van der Waals surface area contributed by atoms with Crippen LogP contribution in [-0.2, 0) is 6.54 Å². The summed E-state index contributed by atoms with van der Waals surface area (Å²) in [4.78, 5) is 0. The van der Waals surface area contributed by atoms with Crippen molar-refractivity contribution in [3.05, 3.63) is 31.8 Å². The van der Waals surface area contributed by atoms with Crippen LogP contribution in [0.1, 0.15) is 18.4 Å². The van der Waals surface area contributed by atoms with Gasteiger partial charge in [-0.05, 0) is 71.7 Å². The first-order valence-corrected chi connectivity index (χ1v) is 6.77. The summed E-state index contributed by atoms with van der Waals surface area (Å²) < 4.78 is 2.51. The highest BCUT2D eigenvalue weighted by molar-refractivity contribution is 14.1. The number of nitrogens with one attached hydrogen (secondary N) is 1. The molecule has 0 radical (unpaired) electrons. The minimum atomic E-state index is 0.955. The Labute approximate surface area is 107 Å².